The van der Waals surface area contributed by atoms with E-state index in [0.717, 1.165) is 5.39 Å². The molecule has 2 aromatic rings. The standard InChI is InChI=1S/C9H6N2O2/c12-9(13)6-1-2-7-4-10-5-11-8(7)3-6/h1-5H,(H,12,13). The van der Waals surface area contributed by atoms with Gasteiger partial charge < -0.3 is 5.11 Å². The quantitative estimate of drug-likeness (QED) is 0.708. The Hall–Kier alpha value is -1.97. The lowest BCUT2D eigenvalue weighted by molar-refractivity contribution is 0.0697. The summed E-state index contributed by atoms with van der Waals surface area (Å²) in [5.41, 5.74) is 0.890. The fraction of sp³-hybridized carbons (Fsp3) is 0. The molecule has 0 aliphatic heterocycles. The molecule has 0 atom stereocenters. The van der Waals surface area contributed by atoms with Crippen molar-refractivity contribution in [3.8, 4) is 0 Å². The predicted octanol–water partition coefficient (Wildman–Crippen LogP) is 1.33. The third-order valence-electron chi connectivity index (χ3n) is 1.75. The molecule has 0 saturated carbocycles. The van der Waals surface area contributed by atoms with Crippen molar-refractivity contribution in [2.24, 2.45) is 0 Å². The molecule has 0 aliphatic rings. The minimum Gasteiger partial charge on any atom is -0.478 e. The first kappa shape index (κ1) is 7.67. The summed E-state index contributed by atoms with van der Waals surface area (Å²) in [5.74, 6) is -0.944. The van der Waals surface area contributed by atoms with Crippen molar-refractivity contribution in [3.05, 3.63) is 36.3 Å². The topological polar surface area (TPSA) is 63.1 Å². The number of carboxylic acid groups (broad SMARTS) is 1. The highest BCUT2D eigenvalue weighted by Crippen LogP contribution is 2.11. The summed E-state index contributed by atoms with van der Waals surface area (Å²) in [7, 11) is 0. The predicted molar refractivity (Wildman–Crippen MR) is 46.5 cm³/mol. The maximum Gasteiger partial charge on any atom is 0.335 e. The van der Waals surface area contributed by atoms with E-state index in [9.17, 15) is 4.79 Å². The molecule has 0 amide bonds. The van der Waals surface area contributed by atoms with Crippen molar-refractivity contribution in [2.75, 3.05) is 0 Å². The van der Waals surface area contributed by atoms with Crippen molar-refractivity contribution in [1.29, 1.82) is 0 Å². The molecule has 4 nitrogen and oxygen atoms in total. The van der Waals surface area contributed by atoms with E-state index in [0.29, 0.717) is 5.52 Å². The van der Waals surface area contributed by atoms with Crippen LogP contribution in [-0.2, 0) is 0 Å². The van der Waals surface area contributed by atoms with E-state index in [2.05, 4.69) is 9.97 Å². The Kier molecular flexibility index (Phi) is 1.66. The fourth-order valence-corrected chi connectivity index (χ4v) is 1.11. The van der Waals surface area contributed by atoms with Gasteiger partial charge in [-0.2, -0.15) is 0 Å². The van der Waals surface area contributed by atoms with Crippen LogP contribution in [0.5, 0.6) is 0 Å². The van der Waals surface area contributed by atoms with E-state index in [1.165, 1.54) is 18.5 Å². The number of rotatable bonds is 1. The van der Waals surface area contributed by atoms with Gasteiger partial charge in [0.2, 0.25) is 0 Å². The zero-order valence-electron chi connectivity index (χ0n) is 6.64. The van der Waals surface area contributed by atoms with Gasteiger partial charge in [0.15, 0.2) is 0 Å². The lowest BCUT2D eigenvalue weighted by Crippen LogP contribution is -1.95. The second-order valence-corrected chi connectivity index (χ2v) is 2.60. The molecule has 1 aromatic carbocycles. The Morgan fingerprint density at radius 3 is 3.00 bits per heavy atom. The zero-order valence-corrected chi connectivity index (χ0v) is 6.64. The maximum absolute atomic E-state index is 10.6. The van der Waals surface area contributed by atoms with Gasteiger partial charge in [0.05, 0.1) is 11.1 Å². The molecule has 0 spiro atoms. The number of carbonyl (C=O) groups is 1. The molecular weight excluding hydrogens is 168 g/mol. The molecule has 0 radical (unpaired) electrons. The molecule has 0 fully saturated rings. The average molecular weight is 174 g/mol. The van der Waals surface area contributed by atoms with Crippen molar-refractivity contribution < 1.29 is 9.90 Å². The number of carboxylic acids is 1. The van der Waals surface area contributed by atoms with Crippen LogP contribution in [0.4, 0.5) is 0 Å². The summed E-state index contributed by atoms with van der Waals surface area (Å²) in [5, 5.41) is 9.54. The van der Waals surface area contributed by atoms with Crippen LogP contribution in [0.25, 0.3) is 10.9 Å². The summed E-state index contributed by atoms with van der Waals surface area (Å²) in [6.45, 7) is 0. The van der Waals surface area contributed by atoms with Gasteiger partial charge in [-0.05, 0) is 12.1 Å². The first-order valence-corrected chi connectivity index (χ1v) is 3.70. The summed E-state index contributed by atoms with van der Waals surface area (Å²) >= 11 is 0. The molecule has 0 saturated heterocycles. The fourth-order valence-electron chi connectivity index (χ4n) is 1.11. The van der Waals surface area contributed by atoms with Gasteiger partial charge in [0.1, 0.15) is 6.33 Å². The van der Waals surface area contributed by atoms with Gasteiger partial charge >= 0.3 is 5.97 Å². The Bertz CT molecular complexity index is 468. The monoisotopic (exact) mass is 174 g/mol. The smallest absolute Gasteiger partial charge is 0.335 e. The lowest BCUT2D eigenvalue weighted by Gasteiger charge is -1.96. The Labute approximate surface area is 73.9 Å². The second kappa shape index (κ2) is 2.82. The summed E-state index contributed by atoms with van der Waals surface area (Å²) in [6, 6.07) is 4.76. The van der Waals surface area contributed by atoms with Crippen LogP contribution in [0.2, 0.25) is 0 Å². The number of aromatic nitrogens is 2. The lowest BCUT2D eigenvalue weighted by atomic mass is 10.1. The van der Waals surface area contributed by atoms with Gasteiger partial charge in [-0.1, -0.05) is 6.07 Å². The first-order chi connectivity index (χ1) is 6.27. The van der Waals surface area contributed by atoms with E-state index in [4.69, 9.17) is 5.11 Å². The normalized spacial score (nSPS) is 10.2. The number of nitrogens with zero attached hydrogens (tertiary/aromatic N) is 2. The van der Waals surface area contributed by atoms with Gasteiger partial charge in [0.25, 0.3) is 0 Å². The molecule has 13 heavy (non-hydrogen) atoms. The minimum atomic E-state index is -0.944. The minimum absolute atomic E-state index is 0.242. The molecule has 0 aliphatic carbocycles. The zero-order chi connectivity index (χ0) is 9.26. The first-order valence-electron chi connectivity index (χ1n) is 3.70. The molecular formula is C9H6N2O2. The highest BCUT2D eigenvalue weighted by Gasteiger charge is 2.03. The van der Waals surface area contributed by atoms with Crippen LogP contribution in [-0.4, -0.2) is 21.0 Å². The van der Waals surface area contributed by atoms with E-state index < -0.39 is 5.97 Å². The summed E-state index contributed by atoms with van der Waals surface area (Å²) in [4.78, 5) is 18.4. The molecule has 64 valence electrons. The van der Waals surface area contributed by atoms with Crippen molar-refractivity contribution in [2.45, 2.75) is 0 Å². The Balaban J connectivity index is 2.69. The number of benzene rings is 1. The van der Waals surface area contributed by atoms with Crippen molar-refractivity contribution in [3.63, 3.8) is 0 Å². The van der Waals surface area contributed by atoms with Crippen molar-refractivity contribution in [1.82, 2.24) is 9.97 Å². The van der Waals surface area contributed by atoms with Gasteiger partial charge in [0, 0.05) is 11.6 Å². The molecule has 1 N–H and O–H groups in total. The van der Waals surface area contributed by atoms with E-state index in [1.807, 2.05) is 0 Å². The van der Waals surface area contributed by atoms with Gasteiger partial charge in [-0.15, -0.1) is 0 Å². The van der Waals surface area contributed by atoms with Crippen LogP contribution in [0.15, 0.2) is 30.7 Å². The third-order valence-corrected chi connectivity index (χ3v) is 1.75. The molecule has 0 unspecified atom stereocenters. The Morgan fingerprint density at radius 2 is 2.23 bits per heavy atom. The van der Waals surface area contributed by atoms with Gasteiger partial charge in [-0.25, -0.2) is 14.8 Å². The number of fused-ring (bicyclic) bond motifs is 1. The van der Waals surface area contributed by atoms with Crippen LogP contribution in [0.3, 0.4) is 0 Å². The molecule has 4 heteroatoms. The van der Waals surface area contributed by atoms with E-state index in [-0.39, 0.29) is 5.56 Å². The Morgan fingerprint density at radius 1 is 1.38 bits per heavy atom. The highest BCUT2D eigenvalue weighted by atomic mass is 16.4. The average Bonchev–Trinajstić information content (AvgIpc) is 2.17. The highest BCUT2D eigenvalue weighted by molar-refractivity contribution is 5.92. The maximum atomic E-state index is 10.6. The number of hydrogen-bond donors (Lipinski definition) is 1. The number of aromatic carboxylic acids is 1. The SMILES string of the molecule is O=C(O)c1ccc2cncnc2c1. The molecule has 1 heterocycles. The molecule has 1 aromatic heterocycles. The van der Waals surface area contributed by atoms with E-state index in [1.54, 1.807) is 12.3 Å². The second-order valence-electron chi connectivity index (χ2n) is 2.60. The van der Waals surface area contributed by atoms with Crippen LogP contribution < -0.4 is 0 Å². The van der Waals surface area contributed by atoms with E-state index >= 15 is 0 Å². The van der Waals surface area contributed by atoms with Crippen molar-refractivity contribution >= 4 is 16.9 Å². The number of hydrogen-bond acceptors (Lipinski definition) is 3. The summed E-state index contributed by atoms with van der Waals surface area (Å²) < 4.78 is 0. The van der Waals surface area contributed by atoms with Gasteiger partial charge in [-0.3, -0.25) is 0 Å². The molecule has 0 bridgehead atoms. The summed E-state index contributed by atoms with van der Waals surface area (Å²) in [6.07, 6.45) is 3.04. The molecule has 2 rings (SSSR count). The van der Waals surface area contributed by atoms with Crippen LogP contribution in [0.1, 0.15) is 10.4 Å². The third kappa shape index (κ3) is 1.33. The largest absolute Gasteiger partial charge is 0.478 e. The van der Waals surface area contributed by atoms with Crippen LogP contribution >= 0.6 is 0 Å². The van der Waals surface area contributed by atoms with Crippen LogP contribution in [0, 0.1) is 0 Å².